The SMILES string of the molecule is CCCNCc1ccc(C)c(-c2ccc(Cl)cc2Cl)c1. The molecule has 0 saturated heterocycles. The quantitative estimate of drug-likeness (QED) is 0.722. The number of nitrogens with one attached hydrogen (secondary N) is 1. The lowest BCUT2D eigenvalue weighted by molar-refractivity contribution is 0.675. The Kier molecular flexibility index (Phi) is 5.47. The van der Waals surface area contributed by atoms with E-state index in [-0.39, 0.29) is 0 Å². The Balaban J connectivity index is 2.32. The molecule has 2 rings (SSSR count). The fourth-order valence-corrected chi connectivity index (χ4v) is 2.70. The number of aryl methyl sites for hydroxylation is 1. The fourth-order valence-electron chi connectivity index (χ4n) is 2.19. The normalized spacial score (nSPS) is 10.8. The molecular formula is C17H19Cl2N. The summed E-state index contributed by atoms with van der Waals surface area (Å²) < 4.78 is 0. The number of rotatable bonds is 5. The van der Waals surface area contributed by atoms with Gasteiger partial charge in [0.05, 0.1) is 0 Å². The van der Waals surface area contributed by atoms with Crippen LogP contribution in [0.25, 0.3) is 11.1 Å². The fraction of sp³-hybridized carbons (Fsp3) is 0.294. The highest BCUT2D eigenvalue weighted by atomic mass is 35.5. The van der Waals surface area contributed by atoms with Crippen LogP contribution in [0.5, 0.6) is 0 Å². The maximum Gasteiger partial charge on any atom is 0.0499 e. The van der Waals surface area contributed by atoms with E-state index in [4.69, 9.17) is 23.2 Å². The van der Waals surface area contributed by atoms with E-state index in [1.54, 1.807) is 6.07 Å². The van der Waals surface area contributed by atoms with Crippen LogP contribution in [-0.4, -0.2) is 6.54 Å². The lowest BCUT2D eigenvalue weighted by atomic mass is 9.98. The monoisotopic (exact) mass is 307 g/mol. The van der Waals surface area contributed by atoms with Crippen LogP contribution >= 0.6 is 23.2 Å². The van der Waals surface area contributed by atoms with Gasteiger partial charge in [-0.2, -0.15) is 0 Å². The maximum absolute atomic E-state index is 6.32. The summed E-state index contributed by atoms with van der Waals surface area (Å²) in [6, 6.07) is 12.2. The Hall–Kier alpha value is -1.02. The molecule has 3 heteroatoms. The second-order valence-electron chi connectivity index (χ2n) is 4.95. The molecule has 0 aliphatic heterocycles. The Labute approximate surface area is 130 Å². The third-order valence-electron chi connectivity index (χ3n) is 3.28. The maximum atomic E-state index is 6.32. The number of hydrogen-bond acceptors (Lipinski definition) is 1. The molecule has 0 spiro atoms. The van der Waals surface area contributed by atoms with Crippen LogP contribution < -0.4 is 5.32 Å². The highest BCUT2D eigenvalue weighted by Crippen LogP contribution is 2.32. The first-order chi connectivity index (χ1) is 9.61. The van der Waals surface area contributed by atoms with Crippen molar-refractivity contribution in [1.29, 1.82) is 0 Å². The molecular weight excluding hydrogens is 289 g/mol. The minimum absolute atomic E-state index is 0.664. The second-order valence-corrected chi connectivity index (χ2v) is 5.79. The average Bonchev–Trinajstić information content (AvgIpc) is 2.41. The standard InChI is InChI=1S/C17H19Cl2N/c1-3-8-20-11-13-5-4-12(2)16(9-13)15-7-6-14(18)10-17(15)19/h4-7,9-10,20H,3,8,11H2,1-2H3. The van der Waals surface area contributed by atoms with Gasteiger partial charge in [0.25, 0.3) is 0 Å². The molecule has 2 aromatic carbocycles. The van der Waals surface area contributed by atoms with E-state index in [2.05, 4.69) is 37.4 Å². The smallest absolute Gasteiger partial charge is 0.0499 e. The lowest BCUT2D eigenvalue weighted by Gasteiger charge is -2.11. The van der Waals surface area contributed by atoms with Crippen molar-refractivity contribution in [1.82, 2.24) is 5.32 Å². The summed E-state index contributed by atoms with van der Waals surface area (Å²) in [6.07, 6.45) is 1.14. The molecule has 0 heterocycles. The first-order valence-corrected chi connectivity index (χ1v) is 7.63. The Morgan fingerprint density at radius 3 is 2.50 bits per heavy atom. The summed E-state index contributed by atoms with van der Waals surface area (Å²) in [5.74, 6) is 0. The summed E-state index contributed by atoms with van der Waals surface area (Å²) in [4.78, 5) is 0. The highest BCUT2D eigenvalue weighted by Gasteiger charge is 2.08. The van der Waals surface area contributed by atoms with Gasteiger partial charge in [-0.25, -0.2) is 0 Å². The number of hydrogen-bond donors (Lipinski definition) is 1. The molecule has 20 heavy (non-hydrogen) atoms. The van der Waals surface area contributed by atoms with E-state index in [1.165, 1.54) is 16.7 Å². The summed E-state index contributed by atoms with van der Waals surface area (Å²) in [5, 5.41) is 4.78. The van der Waals surface area contributed by atoms with Crippen molar-refractivity contribution in [3.05, 3.63) is 57.6 Å². The van der Waals surface area contributed by atoms with Crippen LogP contribution in [0.2, 0.25) is 10.0 Å². The molecule has 0 unspecified atom stereocenters. The van der Waals surface area contributed by atoms with Crippen LogP contribution in [0, 0.1) is 6.92 Å². The topological polar surface area (TPSA) is 12.0 Å². The van der Waals surface area contributed by atoms with Gasteiger partial charge in [-0.15, -0.1) is 0 Å². The van der Waals surface area contributed by atoms with Gasteiger partial charge < -0.3 is 5.32 Å². The zero-order chi connectivity index (χ0) is 14.5. The van der Waals surface area contributed by atoms with Gasteiger partial charge in [0.1, 0.15) is 0 Å². The van der Waals surface area contributed by atoms with E-state index in [0.29, 0.717) is 10.0 Å². The highest BCUT2D eigenvalue weighted by molar-refractivity contribution is 6.36. The zero-order valence-corrected chi connectivity index (χ0v) is 13.4. The largest absolute Gasteiger partial charge is 0.313 e. The van der Waals surface area contributed by atoms with Gasteiger partial charge in [0, 0.05) is 22.2 Å². The molecule has 0 radical (unpaired) electrons. The van der Waals surface area contributed by atoms with Crippen LogP contribution in [0.3, 0.4) is 0 Å². The van der Waals surface area contributed by atoms with Gasteiger partial charge in [-0.05, 0) is 54.8 Å². The van der Waals surface area contributed by atoms with E-state index in [0.717, 1.165) is 25.1 Å². The molecule has 0 aliphatic carbocycles. The van der Waals surface area contributed by atoms with Crippen LogP contribution in [0.1, 0.15) is 24.5 Å². The van der Waals surface area contributed by atoms with Crippen molar-refractivity contribution >= 4 is 23.2 Å². The van der Waals surface area contributed by atoms with E-state index < -0.39 is 0 Å². The summed E-state index contributed by atoms with van der Waals surface area (Å²) >= 11 is 12.3. The first kappa shape index (κ1) is 15.4. The average molecular weight is 308 g/mol. The Morgan fingerprint density at radius 2 is 1.80 bits per heavy atom. The summed E-state index contributed by atoms with van der Waals surface area (Å²) in [7, 11) is 0. The molecule has 0 aromatic heterocycles. The zero-order valence-electron chi connectivity index (χ0n) is 11.8. The van der Waals surface area contributed by atoms with Gasteiger partial charge in [0.15, 0.2) is 0 Å². The van der Waals surface area contributed by atoms with Gasteiger partial charge >= 0.3 is 0 Å². The van der Waals surface area contributed by atoms with Crippen molar-refractivity contribution in [2.24, 2.45) is 0 Å². The Morgan fingerprint density at radius 1 is 1.00 bits per heavy atom. The van der Waals surface area contributed by atoms with Gasteiger partial charge in [-0.1, -0.05) is 48.3 Å². The number of benzene rings is 2. The molecule has 106 valence electrons. The van der Waals surface area contributed by atoms with E-state index in [9.17, 15) is 0 Å². The van der Waals surface area contributed by atoms with Crippen LogP contribution in [0.4, 0.5) is 0 Å². The number of halogens is 2. The minimum atomic E-state index is 0.664. The van der Waals surface area contributed by atoms with Crippen LogP contribution in [-0.2, 0) is 6.54 Å². The van der Waals surface area contributed by atoms with Gasteiger partial charge in [0.2, 0.25) is 0 Å². The van der Waals surface area contributed by atoms with Crippen molar-refractivity contribution in [2.75, 3.05) is 6.54 Å². The summed E-state index contributed by atoms with van der Waals surface area (Å²) in [5.41, 5.74) is 4.69. The molecule has 1 N–H and O–H groups in total. The lowest BCUT2D eigenvalue weighted by Crippen LogP contribution is -2.13. The minimum Gasteiger partial charge on any atom is -0.313 e. The predicted octanol–water partition coefficient (Wildman–Crippen LogP) is 5.47. The van der Waals surface area contributed by atoms with Crippen molar-refractivity contribution in [3.63, 3.8) is 0 Å². The molecule has 0 aliphatic rings. The molecule has 0 atom stereocenters. The summed E-state index contributed by atoms with van der Waals surface area (Å²) in [6.45, 7) is 6.18. The first-order valence-electron chi connectivity index (χ1n) is 6.87. The van der Waals surface area contributed by atoms with Gasteiger partial charge in [-0.3, -0.25) is 0 Å². The van der Waals surface area contributed by atoms with Crippen LogP contribution in [0.15, 0.2) is 36.4 Å². The third kappa shape index (κ3) is 3.76. The third-order valence-corrected chi connectivity index (χ3v) is 3.83. The molecule has 0 fully saturated rings. The molecule has 2 aromatic rings. The predicted molar refractivity (Wildman–Crippen MR) is 88.6 cm³/mol. The molecule has 1 nitrogen and oxygen atoms in total. The van der Waals surface area contributed by atoms with Crippen molar-refractivity contribution in [3.8, 4) is 11.1 Å². The Bertz CT molecular complexity index is 594. The molecule has 0 amide bonds. The van der Waals surface area contributed by atoms with E-state index >= 15 is 0 Å². The van der Waals surface area contributed by atoms with E-state index in [1.807, 2.05) is 12.1 Å². The molecule has 0 bridgehead atoms. The van der Waals surface area contributed by atoms with Crippen molar-refractivity contribution in [2.45, 2.75) is 26.8 Å². The molecule has 0 saturated carbocycles. The van der Waals surface area contributed by atoms with Crippen molar-refractivity contribution < 1.29 is 0 Å². The second kappa shape index (κ2) is 7.12.